The summed E-state index contributed by atoms with van der Waals surface area (Å²) in [7, 11) is 1.65. The van der Waals surface area contributed by atoms with E-state index in [2.05, 4.69) is 17.0 Å². The van der Waals surface area contributed by atoms with Crippen LogP contribution in [0.1, 0.15) is 17.5 Å². The highest BCUT2D eigenvalue weighted by atomic mass is 19.1. The third kappa shape index (κ3) is 3.24. The Kier molecular flexibility index (Phi) is 4.51. The molecule has 0 bridgehead atoms. The number of nitrogens with zero attached hydrogens (tertiary/aromatic N) is 2. The van der Waals surface area contributed by atoms with Gasteiger partial charge in [0.05, 0.1) is 18.8 Å². The van der Waals surface area contributed by atoms with Crippen molar-refractivity contribution < 1.29 is 18.7 Å². The molecule has 1 unspecified atom stereocenters. The van der Waals surface area contributed by atoms with Crippen molar-refractivity contribution in [2.24, 2.45) is 0 Å². The van der Waals surface area contributed by atoms with E-state index in [0.717, 1.165) is 30.8 Å². The van der Waals surface area contributed by atoms with E-state index >= 15 is 0 Å². The maximum atomic E-state index is 13.8. The first-order chi connectivity index (χ1) is 12.6. The molecule has 1 saturated heterocycles. The lowest BCUT2D eigenvalue weighted by Crippen LogP contribution is -2.40. The van der Waals surface area contributed by atoms with E-state index < -0.39 is 0 Å². The molecular formula is C20H21FN2O3. The third-order valence-electron chi connectivity index (χ3n) is 5.01. The SMILES string of the molecule is COc1ccc(CN2CCC3COC(=O)N3c3cc(F)ccc3C2)cc1. The number of methoxy groups -OCH3 is 1. The Labute approximate surface area is 151 Å². The maximum absolute atomic E-state index is 13.8. The first-order valence-corrected chi connectivity index (χ1v) is 8.74. The number of fused-ring (bicyclic) bond motifs is 3. The van der Waals surface area contributed by atoms with Crippen molar-refractivity contribution in [3.05, 3.63) is 59.4 Å². The Morgan fingerprint density at radius 2 is 2.04 bits per heavy atom. The molecule has 0 N–H and O–H groups in total. The predicted octanol–water partition coefficient (Wildman–Crippen LogP) is 3.57. The molecule has 1 atom stereocenters. The number of carbonyl (C=O) groups is 1. The van der Waals surface area contributed by atoms with Crippen LogP contribution < -0.4 is 9.64 Å². The number of benzene rings is 2. The van der Waals surface area contributed by atoms with Gasteiger partial charge in [-0.3, -0.25) is 9.80 Å². The number of cyclic esters (lactones) is 1. The number of anilines is 1. The lowest BCUT2D eigenvalue weighted by Gasteiger charge is -2.32. The van der Waals surface area contributed by atoms with Gasteiger partial charge in [-0.1, -0.05) is 18.2 Å². The van der Waals surface area contributed by atoms with Crippen molar-refractivity contribution in [2.75, 3.05) is 25.2 Å². The standard InChI is InChI=1S/C20H21FN2O3/c1-25-18-6-2-14(3-7-18)11-22-9-8-17-13-26-20(24)23(17)19-10-16(21)5-4-15(19)12-22/h2-7,10,17H,8-9,11-13H2,1H3. The van der Waals surface area contributed by atoms with Gasteiger partial charge in [0.1, 0.15) is 18.2 Å². The maximum Gasteiger partial charge on any atom is 0.414 e. The van der Waals surface area contributed by atoms with Crippen LogP contribution in [0, 0.1) is 5.82 Å². The van der Waals surface area contributed by atoms with Gasteiger partial charge in [0, 0.05) is 19.6 Å². The van der Waals surface area contributed by atoms with E-state index in [9.17, 15) is 9.18 Å². The minimum absolute atomic E-state index is 0.0540. The topological polar surface area (TPSA) is 42.0 Å². The molecular weight excluding hydrogens is 335 g/mol. The van der Waals surface area contributed by atoms with E-state index in [1.54, 1.807) is 18.1 Å². The van der Waals surface area contributed by atoms with Gasteiger partial charge in [-0.15, -0.1) is 0 Å². The van der Waals surface area contributed by atoms with Gasteiger partial charge in [-0.2, -0.15) is 0 Å². The van der Waals surface area contributed by atoms with Gasteiger partial charge < -0.3 is 9.47 Å². The molecule has 6 heteroatoms. The molecule has 2 heterocycles. The van der Waals surface area contributed by atoms with E-state index in [1.807, 2.05) is 12.1 Å². The van der Waals surface area contributed by atoms with Gasteiger partial charge in [0.15, 0.2) is 0 Å². The van der Waals surface area contributed by atoms with Crippen LogP contribution in [0.3, 0.4) is 0 Å². The van der Waals surface area contributed by atoms with Crippen LogP contribution in [0.5, 0.6) is 5.75 Å². The largest absolute Gasteiger partial charge is 0.497 e. The number of hydrogen-bond acceptors (Lipinski definition) is 4. The van der Waals surface area contributed by atoms with Crippen molar-refractivity contribution >= 4 is 11.8 Å². The third-order valence-corrected chi connectivity index (χ3v) is 5.01. The lowest BCUT2D eigenvalue weighted by atomic mass is 10.0. The van der Waals surface area contributed by atoms with Crippen LogP contribution in [-0.4, -0.2) is 37.3 Å². The van der Waals surface area contributed by atoms with Crippen LogP contribution in [0.2, 0.25) is 0 Å². The second-order valence-corrected chi connectivity index (χ2v) is 6.72. The minimum Gasteiger partial charge on any atom is -0.497 e. The monoisotopic (exact) mass is 356 g/mol. The number of amides is 1. The van der Waals surface area contributed by atoms with Crippen molar-refractivity contribution in [3.63, 3.8) is 0 Å². The molecule has 2 aliphatic heterocycles. The second kappa shape index (κ2) is 6.96. The highest BCUT2D eigenvalue weighted by Crippen LogP contribution is 2.32. The molecule has 2 aromatic rings. The van der Waals surface area contributed by atoms with Gasteiger partial charge in [-0.05, 0) is 41.8 Å². The number of carbonyl (C=O) groups excluding carboxylic acids is 1. The molecule has 1 fully saturated rings. The molecule has 26 heavy (non-hydrogen) atoms. The average Bonchev–Trinajstić information content (AvgIpc) is 3.00. The lowest BCUT2D eigenvalue weighted by molar-refractivity contribution is 0.177. The van der Waals surface area contributed by atoms with E-state index in [4.69, 9.17) is 9.47 Å². The van der Waals surface area contributed by atoms with Gasteiger partial charge in [0.2, 0.25) is 0 Å². The van der Waals surface area contributed by atoms with E-state index in [-0.39, 0.29) is 18.0 Å². The number of ether oxygens (including phenoxy) is 2. The Morgan fingerprint density at radius 1 is 1.23 bits per heavy atom. The fraction of sp³-hybridized carbons (Fsp3) is 0.350. The molecule has 5 nitrogen and oxygen atoms in total. The molecule has 1 amide bonds. The summed E-state index contributed by atoms with van der Waals surface area (Å²) in [6, 6.07) is 12.6. The van der Waals surface area contributed by atoms with Crippen LogP contribution in [-0.2, 0) is 17.8 Å². The number of rotatable bonds is 3. The highest BCUT2D eigenvalue weighted by molar-refractivity contribution is 5.91. The molecule has 136 valence electrons. The van der Waals surface area contributed by atoms with Gasteiger partial charge in [-0.25, -0.2) is 9.18 Å². The summed E-state index contributed by atoms with van der Waals surface area (Å²) in [5.74, 6) is 0.490. The summed E-state index contributed by atoms with van der Waals surface area (Å²) >= 11 is 0. The summed E-state index contributed by atoms with van der Waals surface area (Å²) in [4.78, 5) is 16.1. The Morgan fingerprint density at radius 3 is 2.81 bits per heavy atom. The molecule has 4 rings (SSSR count). The van der Waals surface area contributed by atoms with Gasteiger partial charge in [0.25, 0.3) is 0 Å². The smallest absolute Gasteiger partial charge is 0.414 e. The predicted molar refractivity (Wildman–Crippen MR) is 95.7 cm³/mol. The number of halogens is 1. The normalized spacial score (nSPS) is 20.0. The Hall–Kier alpha value is -2.60. The fourth-order valence-electron chi connectivity index (χ4n) is 3.64. The zero-order chi connectivity index (χ0) is 18.1. The summed E-state index contributed by atoms with van der Waals surface area (Å²) in [5, 5.41) is 0. The Balaban J connectivity index is 1.61. The van der Waals surface area contributed by atoms with Crippen LogP contribution in [0.4, 0.5) is 14.9 Å². The number of hydrogen-bond donors (Lipinski definition) is 0. The van der Waals surface area contributed by atoms with Crippen molar-refractivity contribution in [1.82, 2.24) is 4.90 Å². The van der Waals surface area contributed by atoms with Crippen molar-refractivity contribution in [2.45, 2.75) is 25.6 Å². The van der Waals surface area contributed by atoms with Crippen molar-refractivity contribution in [1.29, 1.82) is 0 Å². The summed E-state index contributed by atoms with van der Waals surface area (Å²) in [6.07, 6.45) is 0.406. The molecule has 0 radical (unpaired) electrons. The summed E-state index contributed by atoms with van der Waals surface area (Å²) in [6.45, 7) is 2.62. The quantitative estimate of drug-likeness (QED) is 0.843. The molecule has 0 saturated carbocycles. The van der Waals surface area contributed by atoms with E-state index in [0.29, 0.717) is 18.8 Å². The minimum atomic E-state index is -0.384. The average molecular weight is 356 g/mol. The fourth-order valence-corrected chi connectivity index (χ4v) is 3.64. The summed E-state index contributed by atoms with van der Waals surface area (Å²) in [5.41, 5.74) is 2.74. The molecule has 0 spiro atoms. The second-order valence-electron chi connectivity index (χ2n) is 6.72. The van der Waals surface area contributed by atoms with Crippen LogP contribution in [0.15, 0.2) is 42.5 Å². The van der Waals surface area contributed by atoms with E-state index in [1.165, 1.54) is 17.7 Å². The van der Waals surface area contributed by atoms with Crippen molar-refractivity contribution in [3.8, 4) is 5.75 Å². The molecule has 0 aliphatic carbocycles. The molecule has 2 aliphatic rings. The first-order valence-electron chi connectivity index (χ1n) is 8.74. The van der Waals surface area contributed by atoms with Gasteiger partial charge >= 0.3 is 6.09 Å². The molecule has 2 aromatic carbocycles. The zero-order valence-electron chi connectivity index (χ0n) is 14.7. The first kappa shape index (κ1) is 16.8. The Bertz CT molecular complexity index is 809. The highest BCUT2D eigenvalue weighted by Gasteiger charge is 2.37. The van der Waals surface area contributed by atoms with Crippen LogP contribution >= 0.6 is 0 Å². The van der Waals surface area contributed by atoms with Crippen LogP contribution in [0.25, 0.3) is 0 Å². The summed E-state index contributed by atoms with van der Waals surface area (Å²) < 4.78 is 24.3. The zero-order valence-corrected chi connectivity index (χ0v) is 14.7. The molecule has 0 aromatic heterocycles.